The minimum atomic E-state index is -2.65. The van der Waals surface area contributed by atoms with E-state index in [2.05, 4.69) is 15.3 Å². The lowest BCUT2D eigenvalue weighted by molar-refractivity contribution is -0.150. The lowest BCUT2D eigenvalue weighted by atomic mass is 9.80. The molecule has 1 aromatic rings. The minimum Gasteiger partial charge on any atom is -0.376 e. The first-order valence-electron chi connectivity index (χ1n) is 8.87. The van der Waals surface area contributed by atoms with Gasteiger partial charge in [0.25, 0.3) is 0 Å². The van der Waals surface area contributed by atoms with Crippen LogP contribution in [0.4, 0.5) is 8.78 Å². The second-order valence-electron chi connectivity index (χ2n) is 7.72. The molecule has 1 saturated carbocycles. The number of hydrogen-bond donors (Lipinski definition) is 1. The van der Waals surface area contributed by atoms with E-state index in [1.165, 1.54) is 5.56 Å². The van der Waals surface area contributed by atoms with Crippen LogP contribution in [0.15, 0.2) is 12.4 Å². The molecule has 0 radical (unpaired) electrons. The molecule has 2 aliphatic heterocycles. The van der Waals surface area contributed by atoms with Gasteiger partial charge in [-0.1, -0.05) is 0 Å². The summed E-state index contributed by atoms with van der Waals surface area (Å²) in [5, 5.41) is 7.05. The Bertz CT molecular complexity index is 642. The maximum absolute atomic E-state index is 12.9. The predicted molar refractivity (Wildman–Crippen MR) is 85.9 cm³/mol. The Balaban J connectivity index is 1.25. The molecule has 3 fully saturated rings. The number of nitrogens with zero attached hydrogens (tertiary/aromatic N) is 3. The number of nitrogens with one attached hydrogen (secondary N) is 1. The van der Waals surface area contributed by atoms with Crippen LogP contribution >= 0.6 is 0 Å². The highest BCUT2D eigenvalue weighted by molar-refractivity contribution is 5.79. The fourth-order valence-electron chi connectivity index (χ4n) is 4.25. The van der Waals surface area contributed by atoms with Crippen LogP contribution in [-0.4, -0.2) is 58.9 Å². The van der Waals surface area contributed by atoms with Gasteiger partial charge in [0.1, 0.15) is 0 Å². The molecule has 1 aromatic heterocycles. The van der Waals surface area contributed by atoms with Crippen molar-refractivity contribution in [1.29, 1.82) is 0 Å². The molecule has 3 aliphatic rings. The van der Waals surface area contributed by atoms with Gasteiger partial charge in [-0.3, -0.25) is 14.4 Å². The van der Waals surface area contributed by atoms with Gasteiger partial charge in [-0.15, -0.1) is 0 Å². The number of hydrogen-bond acceptors (Lipinski definition) is 4. The summed E-state index contributed by atoms with van der Waals surface area (Å²) in [4.78, 5) is 14.3. The summed E-state index contributed by atoms with van der Waals surface area (Å²) in [6.07, 6.45) is 3.46. The Morgan fingerprint density at radius 2 is 2.24 bits per heavy atom. The van der Waals surface area contributed by atoms with Crippen molar-refractivity contribution in [2.24, 2.45) is 24.8 Å². The normalized spacial score (nSPS) is 31.7. The number of ether oxygens (including phenoxy) is 1. The van der Waals surface area contributed by atoms with Crippen molar-refractivity contribution < 1.29 is 18.3 Å². The molecule has 25 heavy (non-hydrogen) atoms. The number of aryl methyl sites for hydroxylation is 1. The Hall–Kier alpha value is -1.54. The minimum absolute atomic E-state index is 0.201. The average Bonchev–Trinajstić information content (AvgIpc) is 3.19. The number of rotatable bonds is 5. The maximum atomic E-state index is 12.9. The van der Waals surface area contributed by atoms with Crippen molar-refractivity contribution in [3.05, 3.63) is 18.0 Å². The number of fused-ring (bicyclic) bond motifs is 1. The maximum Gasteiger partial charge on any atom is 0.249 e. The van der Waals surface area contributed by atoms with Gasteiger partial charge in [0.05, 0.1) is 18.9 Å². The van der Waals surface area contributed by atoms with Crippen molar-refractivity contribution >= 4 is 5.91 Å². The van der Waals surface area contributed by atoms with E-state index in [9.17, 15) is 13.6 Å². The first-order valence-corrected chi connectivity index (χ1v) is 8.87. The second kappa shape index (κ2) is 6.32. The third kappa shape index (κ3) is 3.55. The average molecular weight is 354 g/mol. The highest BCUT2D eigenvalue weighted by Crippen LogP contribution is 2.42. The lowest BCUT2D eigenvalue weighted by Gasteiger charge is -2.34. The summed E-state index contributed by atoms with van der Waals surface area (Å²) in [6, 6.07) is 0. The first-order chi connectivity index (χ1) is 11.9. The van der Waals surface area contributed by atoms with Crippen LogP contribution in [0.25, 0.3) is 0 Å². The lowest BCUT2D eigenvalue weighted by Crippen LogP contribution is -2.46. The highest BCUT2D eigenvalue weighted by Gasteiger charge is 2.49. The van der Waals surface area contributed by atoms with Gasteiger partial charge in [-0.25, -0.2) is 8.78 Å². The Morgan fingerprint density at radius 1 is 1.44 bits per heavy atom. The van der Waals surface area contributed by atoms with Crippen LogP contribution < -0.4 is 5.32 Å². The van der Waals surface area contributed by atoms with Crippen LogP contribution in [0.1, 0.15) is 18.4 Å². The number of amides is 1. The fourth-order valence-corrected chi connectivity index (χ4v) is 4.25. The van der Waals surface area contributed by atoms with Crippen molar-refractivity contribution in [3.63, 3.8) is 0 Å². The zero-order valence-corrected chi connectivity index (χ0v) is 14.3. The second-order valence-corrected chi connectivity index (χ2v) is 7.72. The summed E-state index contributed by atoms with van der Waals surface area (Å²) in [5.74, 6) is -2.77. The van der Waals surface area contributed by atoms with E-state index in [0.717, 1.165) is 19.6 Å². The number of carbonyl (C=O) groups excluding carboxylic acids is 1. The molecule has 4 rings (SSSR count). The van der Waals surface area contributed by atoms with Crippen molar-refractivity contribution in [2.45, 2.75) is 31.4 Å². The monoisotopic (exact) mass is 354 g/mol. The summed E-state index contributed by atoms with van der Waals surface area (Å²) < 4.78 is 33.4. The molecule has 6 nitrogen and oxygen atoms in total. The predicted octanol–water partition coefficient (Wildman–Crippen LogP) is 1.03. The highest BCUT2D eigenvalue weighted by atomic mass is 19.3. The number of likely N-dealkylation sites (tertiary alicyclic amines) is 1. The molecular weight excluding hydrogens is 330 g/mol. The quantitative estimate of drug-likeness (QED) is 0.858. The van der Waals surface area contributed by atoms with Crippen LogP contribution in [0.3, 0.4) is 0 Å². The molecule has 1 aliphatic carbocycles. The van der Waals surface area contributed by atoms with Crippen molar-refractivity contribution in [1.82, 2.24) is 20.0 Å². The van der Waals surface area contributed by atoms with Gasteiger partial charge in [0.15, 0.2) is 0 Å². The summed E-state index contributed by atoms with van der Waals surface area (Å²) in [7, 11) is 1.90. The summed E-state index contributed by atoms with van der Waals surface area (Å²) >= 11 is 0. The van der Waals surface area contributed by atoms with Gasteiger partial charge in [0, 0.05) is 75.6 Å². The summed E-state index contributed by atoms with van der Waals surface area (Å²) in [5.41, 5.74) is 1.18. The van der Waals surface area contributed by atoms with Gasteiger partial charge in [-0.2, -0.15) is 5.10 Å². The molecule has 0 unspecified atom stereocenters. The molecule has 1 N–H and O–H groups in total. The van der Waals surface area contributed by atoms with Gasteiger partial charge in [-0.05, 0) is 0 Å². The van der Waals surface area contributed by atoms with Gasteiger partial charge >= 0.3 is 0 Å². The molecule has 1 amide bonds. The smallest absolute Gasteiger partial charge is 0.249 e. The zero-order valence-electron chi connectivity index (χ0n) is 14.3. The largest absolute Gasteiger partial charge is 0.376 e. The van der Waals surface area contributed by atoms with E-state index >= 15 is 0 Å². The number of aromatic nitrogens is 2. The third-order valence-corrected chi connectivity index (χ3v) is 5.68. The first kappa shape index (κ1) is 16.9. The Morgan fingerprint density at radius 3 is 2.92 bits per heavy atom. The van der Waals surface area contributed by atoms with Crippen molar-refractivity contribution in [3.8, 4) is 0 Å². The molecule has 3 atom stereocenters. The molecule has 0 bridgehead atoms. The van der Waals surface area contributed by atoms with Crippen LogP contribution in [0.5, 0.6) is 0 Å². The Kier molecular flexibility index (Phi) is 4.27. The van der Waals surface area contributed by atoms with E-state index < -0.39 is 11.8 Å². The van der Waals surface area contributed by atoms with Crippen LogP contribution in [0, 0.1) is 17.8 Å². The van der Waals surface area contributed by atoms with Crippen LogP contribution in [-0.2, 0) is 23.1 Å². The van der Waals surface area contributed by atoms with E-state index in [1.807, 2.05) is 19.4 Å². The van der Waals surface area contributed by atoms with Crippen molar-refractivity contribution in [2.75, 3.05) is 26.2 Å². The van der Waals surface area contributed by atoms with E-state index in [-0.39, 0.29) is 30.8 Å². The van der Waals surface area contributed by atoms with E-state index in [4.69, 9.17) is 4.74 Å². The molecule has 8 heteroatoms. The number of carbonyl (C=O) groups is 1. The Labute approximate surface area is 145 Å². The molecule has 0 spiro atoms. The van der Waals surface area contributed by atoms with E-state index in [1.54, 1.807) is 4.68 Å². The standard InChI is InChI=1S/C17H24F2N4O2/c1-22-6-11(4-21-22)7-23-8-14-13(10-25-15(14)9-23)5-20-16(24)12-2-17(18,19)3-12/h4,6,12-15H,2-3,5,7-10H2,1H3,(H,20,24)/t13-,14+,15+/m0/s1. The van der Waals surface area contributed by atoms with E-state index in [0.29, 0.717) is 19.1 Å². The topological polar surface area (TPSA) is 59.4 Å². The fraction of sp³-hybridized carbons (Fsp3) is 0.765. The molecular formula is C17H24F2N4O2. The van der Waals surface area contributed by atoms with Gasteiger partial charge in [0.2, 0.25) is 11.8 Å². The third-order valence-electron chi connectivity index (χ3n) is 5.68. The molecule has 3 heterocycles. The van der Waals surface area contributed by atoms with Crippen LogP contribution in [0.2, 0.25) is 0 Å². The van der Waals surface area contributed by atoms with Gasteiger partial charge < -0.3 is 10.1 Å². The number of alkyl halides is 2. The molecule has 0 aromatic carbocycles. The molecule has 2 saturated heterocycles. The SMILES string of the molecule is Cn1cc(CN2C[C@@H]3[C@@H](CNC(=O)C4CC(F)(F)C4)CO[C@@H]3C2)cn1. The summed E-state index contributed by atoms with van der Waals surface area (Å²) in [6.45, 7) is 3.82. The number of halogens is 2. The molecule has 138 valence electrons. The zero-order chi connectivity index (χ0) is 17.6.